The number of anilines is 1. The average molecular weight is 400 g/mol. The molecule has 1 aliphatic heterocycles. The number of aryl methyl sites for hydroxylation is 1. The maximum atomic E-state index is 6.15. The normalized spacial score (nSPS) is 27.5. The Morgan fingerprint density at radius 2 is 1.75 bits per heavy atom. The first-order valence-electron chi connectivity index (χ1n) is 9.79. The third-order valence-electron chi connectivity index (χ3n) is 5.59. The van der Waals surface area contributed by atoms with Crippen molar-refractivity contribution in [2.45, 2.75) is 50.5 Å². The molecule has 0 aromatic heterocycles. The zero-order valence-corrected chi connectivity index (χ0v) is 16.9. The monoisotopic (exact) mass is 399 g/mol. The highest BCUT2D eigenvalue weighted by Gasteiger charge is 2.43. The fraction of sp³-hybridized carbons (Fsp3) is 0.391. The van der Waals surface area contributed by atoms with Gasteiger partial charge in [0.2, 0.25) is 5.79 Å². The molecule has 1 saturated carbocycles. The van der Waals surface area contributed by atoms with Gasteiger partial charge >= 0.3 is 0 Å². The Bertz CT molecular complexity index is 801. The molecule has 1 spiro atoms. The smallest absolute Gasteiger partial charge is 0.201 e. The van der Waals surface area contributed by atoms with E-state index in [1.807, 2.05) is 24.3 Å². The SMILES string of the molecule is C=C(c1ccc(C)cc1)C1COC2(CCC(Nc3ccc(Cl)cc3)CC2)OO1. The highest BCUT2D eigenvalue weighted by atomic mass is 35.5. The molecule has 28 heavy (non-hydrogen) atoms. The second-order valence-electron chi connectivity index (χ2n) is 7.71. The molecular formula is C23H26ClNO3. The highest BCUT2D eigenvalue weighted by Crippen LogP contribution is 2.38. The first kappa shape index (κ1) is 19.5. The summed E-state index contributed by atoms with van der Waals surface area (Å²) in [6, 6.07) is 16.4. The summed E-state index contributed by atoms with van der Waals surface area (Å²) < 4.78 is 6.15. The van der Waals surface area contributed by atoms with Crippen LogP contribution in [0, 0.1) is 6.92 Å². The van der Waals surface area contributed by atoms with Crippen molar-refractivity contribution in [2.24, 2.45) is 0 Å². The summed E-state index contributed by atoms with van der Waals surface area (Å²) in [6.45, 7) is 6.70. The van der Waals surface area contributed by atoms with Crippen LogP contribution >= 0.6 is 11.6 Å². The fourth-order valence-electron chi connectivity index (χ4n) is 3.75. The van der Waals surface area contributed by atoms with Gasteiger partial charge in [0.25, 0.3) is 0 Å². The Labute approximate surface area is 171 Å². The number of nitrogens with one attached hydrogen (secondary N) is 1. The lowest BCUT2D eigenvalue weighted by Gasteiger charge is -2.43. The molecule has 2 aromatic carbocycles. The first-order valence-corrected chi connectivity index (χ1v) is 10.2. The molecule has 1 unspecified atom stereocenters. The van der Waals surface area contributed by atoms with Crippen molar-refractivity contribution in [3.8, 4) is 0 Å². The molecule has 0 bridgehead atoms. The van der Waals surface area contributed by atoms with Gasteiger partial charge in [-0.05, 0) is 55.2 Å². The van der Waals surface area contributed by atoms with E-state index in [-0.39, 0.29) is 6.10 Å². The standard InChI is InChI=1S/C23H26ClNO3/c1-16-3-5-18(6-4-16)17(2)22-15-26-23(28-27-22)13-11-21(12-14-23)25-20-9-7-19(24)8-10-20/h3-10,21-22,25H,2,11-15H2,1H3. The van der Waals surface area contributed by atoms with Gasteiger partial charge in [-0.3, -0.25) is 0 Å². The summed E-state index contributed by atoms with van der Waals surface area (Å²) in [5.74, 6) is -0.637. The molecule has 1 heterocycles. The quantitative estimate of drug-likeness (QED) is 0.663. The number of ether oxygens (including phenoxy) is 1. The van der Waals surface area contributed by atoms with Crippen LogP contribution in [0.4, 0.5) is 5.69 Å². The molecule has 2 aromatic rings. The van der Waals surface area contributed by atoms with Gasteiger partial charge in [0.15, 0.2) is 0 Å². The minimum Gasteiger partial charge on any atom is -0.382 e. The fourth-order valence-corrected chi connectivity index (χ4v) is 3.87. The van der Waals surface area contributed by atoms with E-state index in [9.17, 15) is 0 Å². The van der Waals surface area contributed by atoms with Crippen molar-refractivity contribution in [2.75, 3.05) is 11.9 Å². The van der Waals surface area contributed by atoms with Crippen LogP contribution in [0.2, 0.25) is 5.02 Å². The zero-order valence-electron chi connectivity index (χ0n) is 16.1. The van der Waals surface area contributed by atoms with Crippen LogP contribution in [0.5, 0.6) is 0 Å². The minimum atomic E-state index is -0.637. The van der Waals surface area contributed by atoms with Gasteiger partial charge in [-0.25, -0.2) is 9.78 Å². The molecule has 5 heteroatoms. The summed E-state index contributed by atoms with van der Waals surface area (Å²) in [5.41, 5.74) is 4.24. The van der Waals surface area contributed by atoms with E-state index in [0.717, 1.165) is 47.5 Å². The van der Waals surface area contributed by atoms with Gasteiger partial charge in [-0.15, -0.1) is 0 Å². The number of benzene rings is 2. The Hall–Kier alpha value is -1.85. The first-order chi connectivity index (χ1) is 13.5. The summed E-state index contributed by atoms with van der Waals surface area (Å²) in [7, 11) is 0. The number of rotatable bonds is 4. The minimum absolute atomic E-state index is 0.279. The van der Waals surface area contributed by atoms with Crippen LogP contribution in [0.1, 0.15) is 36.8 Å². The van der Waals surface area contributed by atoms with Crippen LogP contribution in [0.15, 0.2) is 55.1 Å². The third-order valence-corrected chi connectivity index (χ3v) is 5.84. The van der Waals surface area contributed by atoms with Gasteiger partial charge in [-0.2, -0.15) is 0 Å². The Morgan fingerprint density at radius 3 is 2.36 bits per heavy atom. The van der Waals surface area contributed by atoms with Crippen LogP contribution < -0.4 is 5.32 Å². The van der Waals surface area contributed by atoms with Crippen molar-refractivity contribution in [1.29, 1.82) is 0 Å². The van der Waals surface area contributed by atoms with Crippen molar-refractivity contribution in [3.63, 3.8) is 0 Å². The van der Waals surface area contributed by atoms with Crippen molar-refractivity contribution >= 4 is 22.9 Å². The highest BCUT2D eigenvalue weighted by molar-refractivity contribution is 6.30. The number of halogens is 1. The largest absolute Gasteiger partial charge is 0.382 e. The summed E-state index contributed by atoms with van der Waals surface area (Å²) in [4.78, 5) is 11.5. The van der Waals surface area contributed by atoms with E-state index in [1.54, 1.807) is 0 Å². The molecule has 1 saturated heterocycles. The molecule has 4 rings (SSSR count). The molecule has 1 aliphatic carbocycles. The van der Waals surface area contributed by atoms with Gasteiger partial charge < -0.3 is 10.1 Å². The van der Waals surface area contributed by atoms with Crippen molar-refractivity contribution < 1.29 is 14.5 Å². The molecule has 1 atom stereocenters. The average Bonchev–Trinajstić information content (AvgIpc) is 2.72. The molecule has 4 nitrogen and oxygen atoms in total. The Balaban J connectivity index is 1.28. The molecule has 148 valence electrons. The van der Waals surface area contributed by atoms with Gasteiger partial charge in [-0.1, -0.05) is 48.0 Å². The second kappa shape index (κ2) is 8.26. The Kier molecular flexibility index (Phi) is 5.74. The number of hydrogen-bond donors (Lipinski definition) is 1. The lowest BCUT2D eigenvalue weighted by atomic mass is 9.89. The summed E-state index contributed by atoms with van der Waals surface area (Å²) in [5, 5.41) is 4.30. The summed E-state index contributed by atoms with van der Waals surface area (Å²) in [6.07, 6.45) is 3.22. The molecular weight excluding hydrogens is 374 g/mol. The lowest BCUT2D eigenvalue weighted by molar-refractivity contribution is -0.483. The van der Waals surface area contributed by atoms with Crippen LogP contribution in [-0.2, 0) is 14.5 Å². The predicted molar refractivity (Wildman–Crippen MR) is 112 cm³/mol. The van der Waals surface area contributed by atoms with E-state index in [1.165, 1.54) is 5.56 Å². The zero-order chi connectivity index (χ0) is 19.6. The number of hydrogen-bond acceptors (Lipinski definition) is 4. The molecule has 1 N–H and O–H groups in total. The topological polar surface area (TPSA) is 39.7 Å². The van der Waals surface area contributed by atoms with Crippen molar-refractivity contribution in [1.82, 2.24) is 0 Å². The van der Waals surface area contributed by atoms with E-state index in [0.29, 0.717) is 12.6 Å². The Morgan fingerprint density at radius 1 is 1.07 bits per heavy atom. The van der Waals surface area contributed by atoms with E-state index in [4.69, 9.17) is 26.1 Å². The van der Waals surface area contributed by atoms with Crippen molar-refractivity contribution in [3.05, 3.63) is 71.3 Å². The maximum absolute atomic E-state index is 6.15. The third kappa shape index (κ3) is 4.41. The van der Waals surface area contributed by atoms with E-state index < -0.39 is 5.79 Å². The van der Waals surface area contributed by atoms with Gasteiger partial charge in [0.05, 0.1) is 6.61 Å². The summed E-state index contributed by atoms with van der Waals surface area (Å²) >= 11 is 5.95. The van der Waals surface area contributed by atoms with Crippen LogP contribution in [-0.4, -0.2) is 24.5 Å². The van der Waals surface area contributed by atoms with Crippen LogP contribution in [0.25, 0.3) is 5.57 Å². The molecule has 0 radical (unpaired) electrons. The van der Waals surface area contributed by atoms with Gasteiger partial charge in [0, 0.05) is 29.6 Å². The predicted octanol–water partition coefficient (Wildman–Crippen LogP) is 5.76. The van der Waals surface area contributed by atoms with E-state index in [2.05, 4.69) is 43.1 Å². The van der Waals surface area contributed by atoms with Crippen LogP contribution in [0.3, 0.4) is 0 Å². The molecule has 0 amide bonds. The molecule has 2 aliphatic rings. The molecule has 2 fully saturated rings. The maximum Gasteiger partial charge on any atom is 0.201 e. The van der Waals surface area contributed by atoms with E-state index >= 15 is 0 Å². The second-order valence-corrected chi connectivity index (χ2v) is 8.14. The van der Waals surface area contributed by atoms with Gasteiger partial charge in [0.1, 0.15) is 6.10 Å². The lowest BCUT2D eigenvalue weighted by Crippen LogP contribution is -2.49.